The van der Waals surface area contributed by atoms with Crippen LogP contribution in [0.3, 0.4) is 0 Å². The molecule has 1 unspecified atom stereocenters. The number of nitrogens with zero attached hydrogens (tertiary/aromatic N) is 1. The molecule has 0 aromatic carbocycles. The standard InChI is InChI=1S/C10H20N4O/c1-9(5-11-3-4-15-2)13-7-10-6-12-8-14-10/h6,8-9,11,13H,3-5,7H2,1-2H3,(H,12,14). The molecule has 0 amide bonds. The Kier molecular flexibility index (Phi) is 5.99. The number of aromatic nitrogens is 2. The molecule has 1 heterocycles. The SMILES string of the molecule is COCCNCC(C)NCc1cnc[nH]1. The van der Waals surface area contributed by atoms with E-state index in [-0.39, 0.29) is 0 Å². The molecule has 1 aromatic heterocycles. The van der Waals surface area contributed by atoms with Crippen molar-refractivity contribution in [3.63, 3.8) is 0 Å². The van der Waals surface area contributed by atoms with Gasteiger partial charge >= 0.3 is 0 Å². The highest BCUT2D eigenvalue weighted by Crippen LogP contribution is 1.90. The van der Waals surface area contributed by atoms with E-state index in [1.165, 1.54) is 0 Å². The van der Waals surface area contributed by atoms with Crippen molar-refractivity contribution in [2.45, 2.75) is 19.5 Å². The van der Waals surface area contributed by atoms with Crippen molar-refractivity contribution in [3.05, 3.63) is 18.2 Å². The Morgan fingerprint density at radius 2 is 2.47 bits per heavy atom. The minimum atomic E-state index is 0.435. The van der Waals surface area contributed by atoms with E-state index in [4.69, 9.17) is 4.74 Å². The predicted octanol–water partition coefficient (Wildman–Crippen LogP) is 0.124. The summed E-state index contributed by atoms with van der Waals surface area (Å²) < 4.78 is 4.95. The zero-order chi connectivity index (χ0) is 10.9. The molecule has 0 spiro atoms. The van der Waals surface area contributed by atoms with Gasteiger partial charge in [-0.15, -0.1) is 0 Å². The monoisotopic (exact) mass is 212 g/mol. The molecule has 1 atom stereocenters. The lowest BCUT2D eigenvalue weighted by atomic mass is 10.3. The van der Waals surface area contributed by atoms with Gasteiger partial charge in [0.2, 0.25) is 0 Å². The van der Waals surface area contributed by atoms with Crippen LogP contribution in [-0.4, -0.2) is 42.8 Å². The third-order valence-electron chi connectivity index (χ3n) is 2.13. The van der Waals surface area contributed by atoms with Crippen LogP contribution in [0.2, 0.25) is 0 Å². The Bertz CT molecular complexity index is 238. The third-order valence-corrected chi connectivity index (χ3v) is 2.13. The van der Waals surface area contributed by atoms with E-state index < -0.39 is 0 Å². The molecule has 3 N–H and O–H groups in total. The van der Waals surface area contributed by atoms with Gasteiger partial charge in [0.15, 0.2) is 0 Å². The maximum atomic E-state index is 4.95. The second-order valence-electron chi connectivity index (χ2n) is 3.56. The zero-order valence-corrected chi connectivity index (χ0v) is 9.42. The van der Waals surface area contributed by atoms with Gasteiger partial charge in [0.1, 0.15) is 0 Å². The number of H-pyrrole nitrogens is 1. The number of hydrogen-bond acceptors (Lipinski definition) is 4. The van der Waals surface area contributed by atoms with Crippen LogP contribution in [0.25, 0.3) is 0 Å². The zero-order valence-electron chi connectivity index (χ0n) is 9.42. The molecule has 1 rings (SSSR count). The number of nitrogens with one attached hydrogen (secondary N) is 3. The first-order valence-corrected chi connectivity index (χ1v) is 5.23. The highest BCUT2D eigenvalue weighted by molar-refractivity contribution is 4.93. The fourth-order valence-electron chi connectivity index (χ4n) is 1.23. The van der Waals surface area contributed by atoms with Crippen molar-refractivity contribution in [1.82, 2.24) is 20.6 Å². The molecule has 0 radical (unpaired) electrons. The van der Waals surface area contributed by atoms with E-state index in [0.717, 1.165) is 31.9 Å². The van der Waals surface area contributed by atoms with Crippen LogP contribution >= 0.6 is 0 Å². The molecular weight excluding hydrogens is 192 g/mol. The Labute approximate surface area is 90.6 Å². The van der Waals surface area contributed by atoms with Crippen LogP contribution in [-0.2, 0) is 11.3 Å². The first-order chi connectivity index (χ1) is 7.33. The smallest absolute Gasteiger partial charge is 0.0922 e. The van der Waals surface area contributed by atoms with Gasteiger partial charge in [-0.05, 0) is 6.92 Å². The Hall–Kier alpha value is -0.910. The highest BCUT2D eigenvalue weighted by Gasteiger charge is 2.00. The first kappa shape index (κ1) is 12.2. The highest BCUT2D eigenvalue weighted by atomic mass is 16.5. The Morgan fingerprint density at radius 1 is 1.60 bits per heavy atom. The van der Waals surface area contributed by atoms with Crippen molar-refractivity contribution < 1.29 is 4.74 Å². The maximum Gasteiger partial charge on any atom is 0.0922 e. The molecule has 1 aromatic rings. The average molecular weight is 212 g/mol. The van der Waals surface area contributed by atoms with Gasteiger partial charge in [-0.25, -0.2) is 4.98 Å². The quantitative estimate of drug-likeness (QED) is 0.536. The van der Waals surface area contributed by atoms with Crippen LogP contribution in [0.1, 0.15) is 12.6 Å². The van der Waals surface area contributed by atoms with Gasteiger partial charge in [-0.2, -0.15) is 0 Å². The summed E-state index contributed by atoms with van der Waals surface area (Å²) >= 11 is 0. The van der Waals surface area contributed by atoms with Gasteiger partial charge in [0.05, 0.1) is 12.9 Å². The number of hydrogen-bond donors (Lipinski definition) is 3. The number of aromatic amines is 1. The molecule has 0 saturated carbocycles. The summed E-state index contributed by atoms with van der Waals surface area (Å²) in [4.78, 5) is 7.01. The summed E-state index contributed by atoms with van der Waals surface area (Å²) in [6, 6.07) is 0.435. The summed E-state index contributed by atoms with van der Waals surface area (Å²) in [6.07, 6.45) is 3.52. The van der Waals surface area contributed by atoms with Crippen LogP contribution in [0.15, 0.2) is 12.5 Å². The molecule has 0 bridgehead atoms. The molecule has 0 aliphatic rings. The van der Waals surface area contributed by atoms with E-state index in [2.05, 4.69) is 27.5 Å². The Morgan fingerprint density at radius 3 is 3.13 bits per heavy atom. The van der Waals surface area contributed by atoms with Gasteiger partial charge in [-0.1, -0.05) is 0 Å². The predicted molar refractivity (Wildman–Crippen MR) is 59.6 cm³/mol. The third kappa shape index (κ3) is 5.51. The summed E-state index contributed by atoms with van der Waals surface area (Å²) in [5.74, 6) is 0. The lowest BCUT2D eigenvalue weighted by Crippen LogP contribution is -2.37. The van der Waals surface area contributed by atoms with Gasteiger partial charge in [0, 0.05) is 44.7 Å². The van der Waals surface area contributed by atoms with Crippen LogP contribution in [0, 0.1) is 0 Å². The second kappa shape index (κ2) is 7.39. The van der Waals surface area contributed by atoms with Gasteiger partial charge in [0.25, 0.3) is 0 Å². The van der Waals surface area contributed by atoms with Crippen molar-refractivity contribution >= 4 is 0 Å². The van der Waals surface area contributed by atoms with E-state index >= 15 is 0 Å². The van der Waals surface area contributed by atoms with E-state index in [0.29, 0.717) is 6.04 Å². The average Bonchev–Trinajstić information content (AvgIpc) is 2.74. The fourth-order valence-corrected chi connectivity index (χ4v) is 1.23. The van der Waals surface area contributed by atoms with Crippen molar-refractivity contribution in [2.75, 3.05) is 26.8 Å². The van der Waals surface area contributed by atoms with Crippen molar-refractivity contribution in [2.24, 2.45) is 0 Å². The summed E-state index contributed by atoms with van der Waals surface area (Å²) in [6.45, 7) is 5.57. The lowest BCUT2D eigenvalue weighted by Gasteiger charge is -2.13. The molecular formula is C10H20N4O. The fraction of sp³-hybridized carbons (Fsp3) is 0.700. The normalized spacial score (nSPS) is 12.9. The summed E-state index contributed by atoms with van der Waals surface area (Å²) in [7, 11) is 1.71. The molecule has 0 saturated heterocycles. The van der Waals surface area contributed by atoms with Gasteiger partial charge in [-0.3, -0.25) is 0 Å². The molecule has 15 heavy (non-hydrogen) atoms. The molecule has 86 valence electrons. The Balaban J connectivity index is 2.01. The molecule has 0 fully saturated rings. The number of methoxy groups -OCH3 is 1. The molecule has 5 nitrogen and oxygen atoms in total. The largest absolute Gasteiger partial charge is 0.383 e. The van der Waals surface area contributed by atoms with Crippen LogP contribution < -0.4 is 10.6 Å². The summed E-state index contributed by atoms with van der Waals surface area (Å²) in [5, 5.41) is 6.69. The number of imidazole rings is 1. The van der Waals surface area contributed by atoms with E-state index in [9.17, 15) is 0 Å². The number of rotatable bonds is 8. The van der Waals surface area contributed by atoms with E-state index in [1.807, 2.05) is 6.20 Å². The van der Waals surface area contributed by atoms with Crippen molar-refractivity contribution in [3.8, 4) is 0 Å². The maximum absolute atomic E-state index is 4.95. The molecule has 0 aliphatic carbocycles. The summed E-state index contributed by atoms with van der Waals surface area (Å²) in [5.41, 5.74) is 1.11. The topological polar surface area (TPSA) is 62.0 Å². The second-order valence-corrected chi connectivity index (χ2v) is 3.56. The first-order valence-electron chi connectivity index (χ1n) is 5.23. The minimum Gasteiger partial charge on any atom is -0.383 e. The van der Waals surface area contributed by atoms with E-state index in [1.54, 1.807) is 13.4 Å². The van der Waals surface area contributed by atoms with Crippen LogP contribution in [0.4, 0.5) is 0 Å². The van der Waals surface area contributed by atoms with Crippen LogP contribution in [0.5, 0.6) is 0 Å². The van der Waals surface area contributed by atoms with Gasteiger partial charge < -0.3 is 20.4 Å². The number of ether oxygens (including phenoxy) is 1. The molecule has 0 aliphatic heterocycles. The minimum absolute atomic E-state index is 0.435. The molecule has 5 heteroatoms. The lowest BCUT2D eigenvalue weighted by molar-refractivity contribution is 0.198. The van der Waals surface area contributed by atoms with Crippen molar-refractivity contribution in [1.29, 1.82) is 0 Å².